The fraction of sp³-hybridized carbons (Fsp3) is 0.480. The van der Waals surface area contributed by atoms with Gasteiger partial charge in [-0.05, 0) is 55.4 Å². The van der Waals surface area contributed by atoms with E-state index in [1.54, 1.807) is 24.3 Å². The van der Waals surface area contributed by atoms with Gasteiger partial charge in [-0.25, -0.2) is 4.79 Å². The maximum atomic E-state index is 13.0. The zero-order chi connectivity index (χ0) is 22.2. The number of methoxy groups -OCH3 is 1. The van der Waals surface area contributed by atoms with Gasteiger partial charge in [0.1, 0.15) is 5.75 Å². The van der Waals surface area contributed by atoms with Crippen molar-refractivity contribution in [2.45, 2.75) is 39.0 Å². The van der Waals surface area contributed by atoms with E-state index in [4.69, 9.17) is 9.47 Å². The highest BCUT2D eigenvalue weighted by Gasteiger charge is 2.30. The molecule has 6 heteroatoms. The van der Waals surface area contributed by atoms with Gasteiger partial charge in [-0.3, -0.25) is 9.78 Å². The van der Waals surface area contributed by atoms with Crippen LogP contribution in [0.25, 0.3) is 10.9 Å². The number of fused-ring (bicyclic) bond motifs is 1. The number of carbonyl (C=O) groups is 2. The zero-order valence-electron chi connectivity index (χ0n) is 18.5. The van der Waals surface area contributed by atoms with Gasteiger partial charge in [-0.2, -0.15) is 0 Å². The molecular weight excluding hydrogens is 392 g/mol. The van der Waals surface area contributed by atoms with Crippen molar-refractivity contribution in [2.75, 3.05) is 26.8 Å². The molecule has 1 saturated heterocycles. The Bertz CT molecular complexity index is 927. The number of ether oxygens (including phenoxy) is 2. The highest BCUT2D eigenvalue weighted by atomic mass is 16.6. The largest absolute Gasteiger partial charge is 0.497 e. The molecule has 166 valence electrons. The molecule has 1 fully saturated rings. The number of likely N-dealkylation sites (tertiary alicyclic amines) is 1. The Balaban J connectivity index is 1.61. The van der Waals surface area contributed by atoms with E-state index in [1.807, 2.05) is 24.3 Å². The normalized spacial score (nSPS) is 18.6. The summed E-state index contributed by atoms with van der Waals surface area (Å²) < 4.78 is 10.7. The van der Waals surface area contributed by atoms with Crippen molar-refractivity contribution in [2.24, 2.45) is 11.8 Å². The van der Waals surface area contributed by atoms with E-state index >= 15 is 0 Å². The number of nitrogens with zero attached hydrogens (tertiary/aromatic N) is 2. The molecule has 0 spiro atoms. The lowest BCUT2D eigenvalue weighted by Gasteiger charge is -2.36. The number of hydrogen-bond acceptors (Lipinski definition) is 5. The molecular formula is C25H32N2O4. The molecule has 2 aromatic rings. The number of pyridine rings is 1. The Morgan fingerprint density at radius 3 is 2.90 bits per heavy atom. The summed E-state index contributed by atoms with van der Waals surface area (Å²) >= 11 is 0. The van der Waals surface area contributed by atoms with E-state index in [1.165, 1.54) is 0 Å². The summed E-state index contributed by atoms with van der Waals surface area (Å²) in [6.07, 6.45) is 7.28. The molecule has 1 aliphatic rings. The topological polar surface area (TPSA) is 68.7 Å². The van der Waals surface area contributed by atoms with Crippen molar-refractivity contribution in [1.29, 1.82) is 0 Å². The van der Waals surface area contributed by atoms with Gasteiger partial charge in [0.15, 0.2) is 5.78 Å². The van der Waals surface area contributed by atoms with Gasteiger partial charge >= 0.3 is 6.09 Å². The standard InChI is InChI=1S/C25H32N2O4/c1-4-6-15-31-25(29)27-14-12-19(18(5-2)17-27)7-10-24(28)21-11-13-26-23-9-8-20(30-3)16-22(21)23/h5,8-9,11,13,16,18-19H,2,4,6-7,10,12,14-15,17H2,1,3H3. The number of amides is 1. The van der Waals surface area contributed by atoms with Crippen LogP contribution in [0.4, 0.5) is 4.79 Å². The minimum Gasteiger partial charge on any atom is -0.497 e. The molecule has 0 aliphatic carbocycles. The fourth-order valence-corrected chi connectivity index (χ4v) is 4.16. The molecule has 0 bridgehead atoms. The van der Waals surface area contributed by atoms with Crippen LogP contribution in [0.2, 0.25) is 0 Å². The quantitative estimate of drug-likeness (QED) is 0.312. The van der Waals surface area contributed by atoms with Crippen LogP contribution in [0.3, 0.4) is 0 Å². The van der Waals surface area contributed by atoms with Crippen LogP contribution in [-0.4, -0.2) is 48.6 Å². The molecule has 2 heterocycles. The second-order valence-electron chi connectivity index (χ2n) is 8.07. The predicted octanol–water partition coefficient (Wildman–Crippen LogP) is 5.27. The van der Waals surface area contributed by atoms with Gasteiger partial charge in [-0.15, -0.1) is 6.58 Å². The van der Waals surface area contributed by atoms with Crippen molar-refractivity contribution in [3.8, 4) is 5.75 Å². The molecule has 2 unspecified atom stereocenters. The van der Waals surface area contributed by atoms with E-state index in [0.29, 0.717) is 43.3 Å². The lowest BCUT2D eigenvalue weighted by molar-refractivity contribution is 0.0730. The molecule has 1 amide bonds. The monoisotopic (exact) mass is 424 g/mol. The van der Waals surface area contributed by atoms with Crippen molar-refractivity contribution >= 4 is 22.8 Å². The molecule has 2 atom stereocenters. The third-order valence-electron chi connectivity index (χ3n) is 6.08. The molecule has 6 nitrogen and oxygen atoms in total. The summed E-state index contributed by atoms with van der Waals surface area (Å²) in [7, 11) is 1.61. The van der Waals surface area contributed by atoms with Crippen molar-refractivity contribution in [1.82, 2.24) is 9.88 Å². The first-order valence-corrected chi connectivity index (χ1v) is 11.1. The highest BCUT2D eigenvalue weighted by Crippen LogP contribution is 2.30. The second kappa shape index (κ2) is 10.9. The Morgan fingerprint density at radius 2 is 2.16 bits per heavy atom. The predicted molar refractivity (Wildman–Crippen MR) is 121 cm³/mol. The van der Waals surface area contributed by atoms with Crippen LogP contribution in [0, 0.1) is 11.8 Å². The van der Waals surface area contributed by atoms with Crippen LogP contribution in [0.5, 0.6) is 5.75 Å². The summed E-state index contributed by atoms with van der Waals surface area (Å²) in [5.41, 5.74) is 1.46. The Kier molecular flexibility index (Phi) is 8.04. The number of benzene rings is 1. The first kappa shape index (κ1) is 22.8. The van der Waals surface area contributed by atoms with E-state index in [-0.39, 0.29) is 17.8 Å². The van der Waals surface area contributed by atoms with Crippen LogP contribution < -0.4 is 4.74 Å². The Hall–Kier alpha value is -2.89. The molecule has 1 aliphatic heterocycles. The van der Waals surface area contributed by atoms with Gasteiger partial charge in [0.05, 0.1) is 19.2 Å². The minimum atomic E-state index is -0.243. The van der Waals surface area contributed by atoms with Gasteiger partial charge < -0.3 is 14.4 Å². The first-order chi connectivity index (χ1) is 15.1. The van der Waals surface area contributed by atoms with Crippen LogP contribution >= 0.6 is 0 Å². The fourth-order valence-electron chi connectivity index (χ4n) is 4.16. The van der Waals surface area contributed by atoms with Gasteiger partial charge in [-0.1, -0.05) is 19.4 Å². The number of rotatable bonds is 9. The minimum absolute atomic E-state index is 0.102. The summed E-state index contributed by atoms with van der Waals surface area (Å²) in [6.45, 7) is 7.75. The van der Waals surface area contributed by atoms with E-state index in [0.717, 1.165) is 36.6 Å². The summed E-state index contributed by atoms with van der Waals surface area (Å²) in [5.74, 6) is 1.29. The average molecular weight is 425 g/mol. The van der Waals surface area contributed by atoms with Crippen molar-refractivity contribution in [3.05, 3.63) is 48.7 Å². The number of aromatic nitrogens is 1. The number of Topliss-reactive ketones (excluding diaryl/α,β-unsaturated/α-hetero) is 1. The van der Waals surface area contributed by atoms with Crippen LogP contribution in [0.15, 0.2) is 43.1 Å². The van der Waals surface area contributed by atoms with E-state index < -0.39 is 0 Å². The van der Waals surface area contributed by atoms with Gasteiger partial charge in [0.25, 0.3) is 0 Å². The molecule has 1 aromatic heterocycles. The van der Waals surface area contributed by atoms with E-state index in [2.05, 4.69) is 18.5 Å². The van der Waals surface area contributed by atoms with Crippen LogP contribution in [-0.2, 0) is 4.74 Å². The zero-order valence-corrected chi connectivity index (χ0v) is 18.5. The molecule has 3 rings (SSSR count). The number of carbonyl (C=O) groups excluding carboxylic acids is 2. The van der Waals surface area contributed by atoms with Gasteiger partial charge in [0.2, 0.25) is 0 Å². The molecule has 31 heavy (non-hydrogen) atoms. The lowest BCUT2D eigenvalue weighted by Crippen LogP contribution is -2.43. The molecule has 0 saturated carbocycles. The summed E-state index contributed by atoms with van der Waals surface area (Å²) in [4.78, 5) is 31.4. The summed E-state index contributed by atoms with van der Waals surface area (Å²) in [6, 6.07) is 7.36. The Morgan fingerprint density at radius 1 is 1.32 bits per heavy atom. The molecule has 0 N–H and O–H groups in total. The number of hydrogen-bond donors (Lipinski definition) is 0. The van der Waals surface area contributed by atoms with Crippen molar-refractivity contribution < 1.29 is 19.1 Å². The SMILES string of the molecule is C=CC1CN(C(=O)OCCCC)CCC1CCC(=O)c1ccnc2ccc(OC)cc12. The maximum absolute atomic E-state index is 13.0. The number of unbranched alkanes of at least 4 members (excludes halogenated alkanes) is 1. The van der Waals surface area contributed by atoms with Crippen LogP contribution in [0.1, 0.15) is 49.4 Å². The molecule has 0 radical (unpaired) electrons. The van der Waals surface area contributed by atoms with Crippen molar-refractivity contribution in [3.63, 3.8) is 0 Å². The van der Waals surface area contributed by atoms with E-state index in [9.17, 15) is 9.59 Å². The smallest absolute Gasteiger partial charge is 0.409 e. The lowest BCUT2D eigenvalue weighted by atomic mass is 9.81. The van der Waals surface area contributed by atoms with Gasteiger partial charge in [0, 0.05) is 36.7 Å². The average Bonchev–Trinajstić information content (AvgIpc) is 2.81. The third-order valence-corrected chi connectivity index (χ3v) is 6.08. The number of piperidine rings is 1. The maximum Gasteiger partial charge on any atom is 0.409 e. The third kappa shape index (κ3) is 5.63. The Labute approximate surface area is 184 Å². The first-order valence-electron chi connectivity index (χ1n) is 11.1. The second-order valence-corrected chi connectivity index (χ2v) is 8.07. The molecule has 1 aromatic carbocycles. The highest BCUT2D eigenvalue weighted by molar-refractivity contribution is 6.07. The number of ketones is 1. The summed E-state index contributed by atoms with van der Waals surface area (Å²) in [5, 5.41) is 0.816.